The van der Waals surface area contributed by atoms with Crippen molar-refractivity contribution < 1.29 is 9.84 Å². The Kier molecular flexibility index (Phi) is 2.35. The number of rotatable bonds is 2. The monoisotopic (exact) mass is 171 g/mol. The van der Waals surface area contributed by atoms with Crippen molar-refractivity contribution in [2.45, 2.75) is 12.5 Å². The standard InChI is InChI=1S/C9H17NO2/c1-12-9-7(5-11)2-6-3-10-4-8(6)9/h6-11H,2-5H2,1H3. The maximum atomic E-state index is 9.12. The molecule has 2 fully saturated rings. The summed E-state index contributed by atoms with van der Waals surface area (Å²) < 4.78 is 5.43. The van der Waals surface area contributed by atoms with Crippen LogP contribution >= 0.6 is 0 Å². The maximum absolute atomic E-state index is 9.12. The van der Waals surface area contributed by atoms with E-state index in [9.17, 15) is 0 Å². The van der Waals surface area contributed by atoms with Crippen LogP contribution in [0.3, 0.4) is 0 Å². The molecule has 0 aromatic carbocycles. The molecule has 1 saturated heterocycles. The molecule has 1 aliphatic carbocycles. The van der Waals surface area contributed by atoms with Crippen LogP contribution in [0.25, 0.3) is 0 Å². The highest BCUT2D eigenvalue weighted by molar-refractivity contribution is 4.97. The van der Waals surface area contributed by atoms with Crippen molar-refractivity contribution >= 4 is 0 Å². The number of ether oxygens (including phenoxy) is 1. The van der Waals surface area contributed by atoms with Crippen LogP contribution in [0, 0.1) is 17.8 Å². The molecule has 70 valence electrons. The van der Waals surface area contributed by atoms with Crippen LogP contribution in [0.1, 0.15) is 6.42 Å². The van der Waals surface area contributed by atoms with Crippen LogP contribution in [0.2, 0.25) is 0 Å². The largest absolute Gasteiger partial charge is 0.396 e. The summed E-state index contributed by atoms with van der Waals surface area (Å²) in [6.07, 6.45) is 1.42. The summed E-state index contributed by atoms with van der Waals surface area (Å²) in [6, 6.07) is 0. The van der Waals surface area contributed by atoms with Gasteiger partial charge in [0.1, 0.15) is 0 Å². The van der Waals surface area contributed by atoms with Gasteiger partial charge in [-0.05, 0) is 18.9 Å². The highest BCUT2D eigenvalue weighted by Gasteiger charge is 2.45. The molecule has 4 unspecified atom stereocenters. The van der Waals surface area contributed by atoms with E-state index in [2.05, 4.69) is 5.32 Å². The molecule has 0 aromatic heterocycles. The van der Waals surface area contributed by atoms with Crippen LogP contribution in [0.4, 0.5) is 0 Å². The molecule has 0 spiro atoms. The van der Waals surface area contributed by atoms with E-state index >= 15 is 0 Å². The number of hydrogen-bond donors (Lipinski definition) is 2. The third-order valence-electron chi connectivity index (χ3n) is 3.39. The molecule has 0 bridgehead atoms. The lowest BCUT2D eigenvalue weighted by Gasteiger charge is -2.20. The van der Waals surface area contributed by atoms with Gasteiger partial charge in [-0.2, -0.15) is 0 Å². The molecule has 4 atom stereocenters. The van der Waals surface area contributed by atoms with Crippen LogP contribution < -0.4 is 5.32 Å². The second-order valence-corrected chi connectivity index (χ2v) is 3.96. The first kappa shape index (κ1) is 8.48. The topological polar surface area (TPSA) is 41.5 Å². The molecule has 3 heteroatoms. The molecular formula is C9H17NO2. The van der Waals surface area contributed by atoms with E-state index in [1.165, 1.54) is 0 Å². The first-order valence-corrected chi connectivity index (χ1v) is 4.71. The van der Waals surface area contributed by atoms with E-state index in [4.69, 9.17) is 9.84 Å². The van der Waals surface area contributed by atoms with Gasteiger partial charge in [0.15, 0.2) is 0 Å². The molecule has 3 nitrogen and oxygen atoms in total. The summed E-state index contributed by atoms with van der Waals surface area (Å²) in [5, 5.41) is 12.5. The smallest absolute Gasteiger partial charge is 0.0664 e. The normalized spacial score (nSPS) is 46.5. The van der Waals surface area contributed by atoms with Crippen LogP contribution in [-0.4, -0.2) is 38.0 Å². The highest BCUT2D eigenvalue weighted by Crippen LogP contribution is 2.39. The quantitative estimate of drug-likeness (QED) is 0.607. The van der Waals surface area contributed by atoms with Gasteiger partial charge in [-0.1, -0.05) is 0 Å². The minimum Gasteiger partial charge on any atom is -0.396 e. The van der Waals surface area contributed by atoms with E-state index in [-0.39, 0.29) is 12.7 Å². The average molecular weight is 171 g/mol. The third kappa shape index (κ3) is 1.16. The first-order valence-electron chi connectivity index (χ1n) is 4.71. The SMILES string of the molecule is COC1C(CO)CC2CNCC21. The van der Waals surface area contributed by atoms with Crippen LogP contribution in [0.5, 0.6) is 0 Å². The Bertz CT molecular complexity index is 163. The lowest BCUT2D eigenvalue weighted by atomic mass is 9.99. The van der Waals surface area contributed by atoms with Gasteiger partial charge in [-0.25, -0.2) is 0 Å². The second-order valence-electron chi connectivity index (χ2n) is 3.96. The van der Waals surface area contributed by atoms with Crippen LogP contribution in [0.15, 0.2) is 0 Å². The second kappa shape index (κ2) is 3.32. The molecule has 1 saturated carbocycles. The Balaban J connectivity index is 2.05. The van der Waals surface area contributed by atoms with Gasteiger partial charge < -0.3 is 15.2 Å². The van der Waals surface area contributed by atoms with Crippen LogP contribution in [-0.2, 0) is 4.74 Å². The molecule has 1 aliphatic heterocycles. The van der Waals surface area contributed by atoms with Gasteiger partial charge >= 0.3 is 0 Å². The average Bonchev–Trinajstić information content (AvgIpc) is 2.61. The van der Waals surface area contributed by atoms with Crippen molar-refractivity contribution in [2.75, 3.05) is 26.8 Å². The fourth-order valence-electron chi connectivity index (χ4n) is 2.81. The fourth-order valence-corrected chi connectivity index (χ4v) is 2.81. The summed E-state index contributed by atoms with van der Waals surface area (Å²) in [5.74, 6) is 1.77. The first-order chi connectivity index (χ1) is 5.86. The number of fused-ring (bicyclic) bond motifs is 1. The Labute approximate surface area is 73.1 Å². The fraction of sp³-hybridized carbons (Fsp3) is 1.00. The lowest BCUT2D eigenvalue weighted by Crippen LogP contribution is -2.29. The molecule has 0 aromatic rings. The van der Waals surface area contributed by atoms with E-state index < -0.39 is 0 Å². The van der Waals surface area contributed by atoms with Crippen molar-refractivity contribution in [3.05, 3.63) is 0 Å². The van der Waals surface area contributed by atoms with E-state index in [1.54, 1.807) is 7.11 Å². The zero-order chi connectivity index (χ0) is 8.55. The molecule has 2 rings (SSSR count). The minimum atomic E-state index is 0.283. The molecule has 0 amide bonds. The van der Waals surface area contributed by atoms with Gasteiger partial charge in [0.2, 0.25) is 0 Å². The summed E-state index contributed by atoms with van der Waals surface area (Å²) in [7, 11) is 1.76. The van der Waals surface area contributed by atoms with Crippen molar-refractivity contribution in [2.24, 2.45) is 17.8 Å². The van der Waals surface area contributed by atoms with Gasteiger partial charge in [0.25, 0.3) is 0 Å². The summed E-state index contributed by atoms with van der Waals surface area (Å²) in [5.41, 5.74) is 0. The Morgan fingerprint density at radius 3 is 3.00 bits per heavy atom. The number of aliphatic hydroxyl groups is 1. The molecule has 0 radical (unpaired) electrons. The molecule has 12 heavy (non-hydrogen) atoms. The highest BCUT2D eigenvalue weighted by atomic mass is 16.5. The van der Waals surface area contributed by atoms with E-state index in [1.807, 2.05) is 0 Å². The number of nitrogens with one attached hydrogen (secondary N) is 1. The van der Waals surface area contributed by atoms with Gasteiger partial charge in [-0.3, -0.25) is 0 Å². The van der Waals surface area contributed by atoms with Crippen molar-refractivity contribution in [1.29, 1.82) is 0 Å². The third-order valence-corrected chi connectivity index (χ3v) is 3.39. The predicted molar refractivity (Wildman–Crippen MR) is 45.8 cm³/mol. The van der Waals surface area contributed by atoms with Crippen molar-refractivity contribution in [1.82, 2.24) is 5.32 Å². The van der Waals surface area contributed by atoms with Gasteiger partial charge in [0, 0.05) is 32.1 Å². The number of methoxy groups -OCH3 is 1. The zero-order valence-corrected chi connectivity index (χ0v) is 7.49. The van der Waals surface area contributed by atoms with Gasteiger partial charge in [0.05, 0.1) is 6.10 Å². The molecular weight excluding hydrogens is 154 g/mol. The molecule has 2 N–H and O–H groups in total. The lowest BCUT2D eigenvalue weighted by molar-refractivity contribution is 0.0200. The summed E-state index contributed by atoms with van der Waals surface area (Å²) in [6.45, 7) is 2.46. The Morgan fingerprint density at radius 1 is 1.50 bits per heavy atom. The molecule has 1 heterocycles. The van der Waals surface area contributed by atoms with Crippen molar-refractivity contribution in [3.8, 4) is 0 Å². The minimum absolute atomic E-state index is 0.283. The van der Waals surface area contributed by atoms with E-state index in [0.717, 1.165) is 25.4 Å². The number of aliphatic hydroxyl groups excluding tert-OH is 1. The Hall–Kier alpha value is -0.120. The molecule has 2 aliphatic rings. The maximum Gasteiger partial charge on any atom is 0.0664 e. The van der Waals surface area contributed by atoms with Gasteiger partial charge in [-0.15, -0.1) is 0 Å². The van der Waals surface area contributed by atoms with E-state index in [0.29, 0.717) is 11.8 Å². The summed E-state index contributed by atoms with van der Waals surface area (Å²) >= 11 is 0. The summed E-state index contributed by atoms with van der Waals surface area (Å²) in [4.78, 5) is 0. The Morgan fingerprint density at radius 2 is 2.33 bits per heavy atom. The number of hydrogen-bond acceptors (Lipinski definition) is 3. The zero-order valence-electron chi connectivity index (χ0n) is 7.49. The van der Waals surface area contributed by atoms with Crippen molar-refractivity contribution in [3.63, 3.8) is 0 Å². The predicted octanol–water partition coefficient (Wildman–Crippen LogP) is -0.151.